The first-order valence-electron chi connectivity index (χ1n) is 14.9. The highest BCUT2D eigenvalue weighted by atomic mass is 14.6. The third kappa shape index (κ3) is 72.2. The fourth-order valence-corrected chi connectivity index (χ4v) is 1.74. The fourth-order valence-electron chi connectivity index (χ4n) is 1.74. The van der Waals surface area contributed by atoms with Crippen LogP contribution in [0, 0.1) is 11.3 Å². The van der Waals surface area contributed by atoms with Crippen molar-refractivity contribution in [2.45, 2.75) is 138 Å². The number of hydrogen-bond donors (Lipinski definition) is 0. The molecule has 0 aromatic heterocycles. The fraction of sp³-hybridized carbons (Fsp3) is 0.605. The zero-order valence-corrected chi connectivity index (χ0v) is 29.7. The minimum Gasteiger partial charge on any atom is -0.296 e. The lowest BCUT2D eigenvalue weighted by Gasteiger charge is -2.09. The topological polar surface area (TPSA) is 12.4 Å². The van der Waals surface area contributed by atoms with E-state index < -0.39 is 0 Å². The van der Waals surface area contributed by atoms with E-state index in [-0.39, 0.29) is 7.43 Å². The first-order valence-corrected chi connectivity index (χ1v) is 14.9. The Balaban J connectivity index is -0.0000000488. The Morgan fingerprint density at radius 1 is 0.897 bits per heavy atom. The molecule has 0 aromatic rings. The largest absolute Gasteiger partial charge is 0.296 e. The van der Waals surface area contributed by atoms with Gasteiger partial charge >= 0.3 is 0 Å². The van der Waals surface area contributed by atoms with Gasteiger partial charge in [-0.05, 0) is 53.2 Å². The van der Waals surface area contributed by atoms with E-state index >= 15 is 0 Å². The van der Waals surface area contributed by atoms with E-state index in [9.17, 15) is 0 Å². The van der Waals surface area contributed by atoms with Gasteiger partial charge in [0.1, 0.15) is 0 Å². The molecular weight excluding hydrogens is 470 g/mol. The van der Waals surface area contributed by atoms with E-state index in [4.69, 9.17) is 0 Å². The molecule has 1 heteroatoms. The predicted molar refractivity (Wildman–Crippen MR) is 196 cm³/mol. The highest BCUT2D eigenvalue weighted by Gasteiger charge is 2.06. The van der Waals surface area contributed by atoms with Crippen molar-refractivity contribution in [2.75, 3.05) is 7.05 Å². The van der Waals surface area contributed by atoms with Crippen LogP contribution in [0.1, 0.15) is 138 Å². The predicted octanol–water partition coefficient (Wildman–Crippen LogP) is 14.2. The van der Waals surface area contributed by atoms with Gasteiger partial charge in [-0.1, -0.05) is 144 Å². The monoisotopic (exact) mass is 548 g/mol. The Hall–Kier alpha value is -2.33. The molecule has 0 fully saturated rings. The first-order chi connectivity index (χ1) is 18.1. The molecule has 1 atom stereocenters. The molecule has 0 saturated heterocycles. The van der Waals surface area contributed by atoms with Crippen LogP contribution in [0.25, 0.3) is 0 Å². The average molecular weight is 548 g/mol. The van der Waals surface area contributed by atoms with Gasteiger partial charge in [0.25, 0.3) is 0 Å². The zero-order valence-electron chi connectivity index (χ0n) is 29.7. The van der Waals surface area contributed by atoms with Gasteiger partial charge in [-0.3, -0.25) is 4.99 Å². The van der Waals surface area contributed by atoms with E-state index in [2.05, 4.69) is 97.3 Å². The first kappa shape index (κ1) is 60.9. The van der Waals surface area contributed by atoms with Crippen molar-refractivity contribution in [3.8, 4) is 0 Å². The van der Waals surface area contributed by atoms with Gasteiger partial charge in [-0.2, -0.15) is 0 Å². The van der Waals surface area contributed by atoms with E-state index in [1.54, 1.807) is 13.3 Å². The Morgan fingerprint density at radius 2 is 1.26 bits per heavy atom. The molecule has 0 aromatic carbocycles. The molecule has 0 bridgehead atoms. The molecule has 1 nitrogen and oxygen atoms in total. The number of aliphatic imine (C=N–C) groups is 1. The molecule has 0 radical (unpaired) electrons. The SMILES string of the molecule is C.C=C.C=C(C=NC)/C1=C/C(C)C(CC)=C=CC=C=C1.C=CCC.CC.CC.CC.CC.CC.CC(C)(C)C. The molecule has 0 heterocycles. The third-order valence-corrected chi connectivity index (χ3v) is 2.99. The lowest BCUT2D eigenvalue weighted by Crippen LogP contribution is -1.97. The van der Waals surface area contributed by atoms with Crippen LogP contribution in [0.15, 0.2) is 89.9 Å². The van der Waals surface area contributed by atoms with Crippen LogP contribution in [0.3, 0.4) is 0 Å². The van der Waals surface area contributed by atoms with E-state index in [1.807, 2.05) is 93.5 Å². The third-order valence-electron chi connectivity index (χ3n) is 2.99. The molecule has 1 unspecified atom stereocenters. The van der Waals surface area contributed by atoms with Crippen molar-refractivity contribution in [3.05, 3.63) is 84.9 Å². The van der Waals surface area contributed by atoms with Gasteiger partial charge in [-0.15, -0.1) is 31.2 Å². The Labute approximate surface area is 252 Å². The Morgan fingerprint density at radius 3 is 1.54 bits per heavy atom. The maximum atomic E-state index is 4.01. The number of hydrogen-bond acceptors (Lipinski definition) is 1. The molecule has 1 rings (SSSR count). The van der Waals surface area contributed by atoms with Gasteiger partial charge < -0.3 is 0 Å². The van der Waals surface area contributed by atoms with Crippen LogP contribution in [-0.2, 0) is 0 Å². The lowest BCUT2D eigenvalue weighted by molar-refractivity contribution is 0.469. The molecular formula is C38H77N. The molecule has 0 N–H and O–H groups in total. The quantitative estimate of drug-likeness (QED) is 0.188. The van der Waals surface area contributed by atoms with Gasteiger partial charge in [0.05, 0.1) is 0 Å². The molecule has 1 aliphatic carbocycles. The van der Waals surface area contributed by atoms with E-state index in [0.29, 0.717) is 11.3 Å². The summed E-state index contributed by atoms with van der Waals surface area (Å²) in [7, 11) is 1.75. The summed E-state index contributed by atoms with van der Waals surface area (Å²) in [6.45, 7) is 48.6. The maximum absolute atomic E-state index is 4.01. The minimum absolute atomic E-state index is 0. The Bertz CT molecular complexity index is 614. The number of rotatable bonds is 4. The molecule has 0 amide bonds. The molecule has 0 saturated carbocycles. The summed E-state index contributed by atoms with van der Waals surface area (Å²) in [6.07, 6.45) is 13.7. The molecule has 234 valence electrons. The number of allylic oxidation sites excluding steroid dienone is 6. The van der Waals surface area contributed by atoms with Crippen molar-refractivity contribution >= 4 is 6.21 Å². The van der Waals surface area contributed by atoms with Gasteiger partial charge in [0, 0.05) is 19.2 Å². The van der Waals surface area contributed by atoms with Crippen molar-refractivity contribution in [2.24, 2.45) is 16.3 Å². The summed E-state index contributed by atoms with van der Waals surface area (Å²) in [5.74, 6) is 0.359. The van der Waals surface area contributed by atoms with Gasteiger partial charge in [0.15, 0.2) is 0 Å². The van der Waals surface area contributed by atoms with Crippen LogP contribution in [0.2, 0.25) is 0 Å². The van der Waals surface area contributed by atoms with Crippen LogP contribution in [0.5, 0.6) is 0 Å². The van der Waals surface area contributed by atoms with Crippen molar-refractivity contribution in [3.63, 3.8) is 0 Å². The second-order valence-electron chi connectivity index (χ2n) is 7.69. The highest BCUT2D eigenvalue weighted by Crippen LogP contribution is 2.20. The summed E-state index contributed by atoms with van der Waals surface area (Å²) in [5.41, 5.74) is 10.2. The molecule has 0 spiro atoms. The normalized spacial score (nSPS) is 12.9. The van der Waals surface area contributed by atoms with Crippen LogP contribution >= 0.6 is 0 Å². The van der Waals surface area contributed by atoms with Crippen molar-refractivity contribution in [1.82, 2.24) is 0 Å². The second kappa shape index (κ2) is 60.3. The van der Waals surface area contributed by atoms with Gasteiger partial charge in [-0.25, -0.2) is 0 Å². The van der Waals surface area contributed by atoms with Crippen LogP contribution < -0.4 is 0 Å². The molecule has 0 aliphatic heterocycles. The molecule has 1 aliphatic rings. The summed E-state index contributed by atoms with van der Waals surface area (Å²) in [5, 5.41) is 0. The highest BCUT2D eigenvalue weighted by molar-refractivity contribution is 5.85. The number of nitrogens with zero attached hydrogens (tertiary/aromatic N) is 1. The smallest absolute Gasteiger partial charge is 0.0281 e. The minimum atomic E-state index is 0. The standard InChI is InChI=1S/C16H19N.C5H12.C4H8.5C2H6.C2H4.CH4/c1-5-15-9-7-6-8-10-16(11-13(15)2)14(3)12-17-4;1-5(2,3)4;1-3-4-2;6*1-2;/h6-7,10-13H,3,5H2,1-2,4H3;1-4H3;3H,1,4H2,2H3;5*1-2H3;1-2H2;1H4/b16-11+,17-12?;;;;;;;;;. The molecule has 39 heavy (non-hydrogen) atoms. The van der Waals surface area contributed by atoms with Crippen LogP contribution in [0.4, 0.5) is 0 Å². The Kier molecular flexibility index (Phi) is 94.2. The van der Waals surface area contributed by atoms with Crippen molar-refractivity contribution in [1.29, 1.82) is 0 Å². The lowest BCUT2D eigenvalue weighted by atomic mass is 9.95. The van der Waals surface area contributed by atoms with Gasteiger partial charge in [0.2, 0.25) is 0 Å². The zero-order chi connectivity index (χ0) is 32.6. The van der Waals surface area contributed by atoms with Crippen LogP contribution in [-0.4, -0.2) is 13.3 Å². The maximum Gasteiger partial charge on any atom is 0.0281 e. The van der Waals surface area contributed by atoms with E-state index in [0.717, 1.165) is 24.0 Å². The average Bonchev–Trinajstić information content (AvgIpc) is 3.04. The summed E-state index contributed by atoms with van der Waals surface area (Å²) >= 11 is 0. The summed E-state index contributed by atoms with van der Waals surface area (Å²) < 4.78 is 0. The summed E-state index contributed by atoms with van der Waals surface area (Å²) in [4.78, 5) is 4.00. The second-order valence-corrected chi connectivity index (χ2v) is 7.69. The van der Waals surface area contributed by atoms with E-state index in [1.165, 1.54) is 5.57 Å². The summed E-state index contributed by atoms with van der Waals surface area (Å²) in [6, 6.07) is 0. The van der Waals surface area contributed by atoms with Crippen molar-refractivity contribution < 1.29 is 0 Å².